The van der Waals surface area contributed by atoms with Crippen LogP contribution in [0, 0.1) is 12.7 Å². The van der Waals surface area contributed by atoms with Gasteiger partial charge in [-0.1, -0.05) is 53.7 Å². The molecule has 0 aromatic heterocycles. The van der Waals surface area contributed by atoms with E-state index in [1.54, 1.807) is 12.1 Å². The molecule has 0 amide bonds. The minimum absolute atomic E-state index is 0.227. The number of rotatable bonds is 7. The molecule has 0 aliphatic carbocycles. The first-order valence-corrected chi connectivity index (χ1v) is 8.39. The molecule has 26 heavy (non-hydrogen) atoms. The summed E-state index contributed by atoms with van der Waals surface area (Å²) in [5.74, 6) is 0.489. The summed E-state index contributed by atoms with van der Waals surface area (Å²) in [4.78, 5) is 5.50. The van der Waals surface area contributed by atoms with E-state index in [9.17, 15) is 4.39 Å². The summed E-state index contributed by atoms with van der Waals surface area (Å²) in [6.07, 6.45) is 0. The van der Waals surface area contributed by atoms with Crippen LogP contribution in [0.25, 0.3) is 0 Å². The monoisotopic (exact) mass is 349 g/mol. The Morgan fingerprint density at radius 2 is 1.58 bits per heavy atom. The van der Waals surface area contributed by atoms with Crippen molar-refractivity contribution in [3.63, 3.8) is 0 Å². The van der Waals surface area contributed by atoms with Crippen LogP contribution in [0.2, 0.25) is 0 Å². The number of halogens is 1. The summed E-state index contributed by atoms with van der Waals surface area (Å²) in [5.41, 5.74) is 3.42. The second kappa shape index (κ2) is 8.81. The molecule has 0 saturated heterocycles. The normalized spacial score (nSPS) is 11.2. The predicted molar refractivity (Wildman–Crippen MR) is 101 cm³/mol. The SMILES string of the molecule is Cc1ccccc1OCC(=NOCc1ccccc1)c1ccc(F)cc1. The van der Waals surface area contributed by atoms with Gasteiger partial charge in [-0.25, -0.2) is 4.39 Å². The van der Waals surface area contributed by atoms with Crippen molar-refractivity contribution in [2.24, 2.45) is 5.16 Å². The number of ether oxygens (including phenoxy) is 1. The van der Waals surface area contributed by atoms with Gasteiger partial charge in [-0.2, -0.15) is 0 Å². The van der Waals surface area contributed by atoms with Crippen molar-refractivity contribution in [3.05, 3.63) is 101 Å². The number of hydrogen-bond donors (Lipinski definition) is 0. The third-order valence-electron chi connectivity index (χ3n) is 3.88. The summed E-state index contributed by atoms with van der Waals surface area (Å²) < 4.78 is 19.1. The number of oxime groups is 1. The number of benzene rings is 3. The molecule has 4 heteroatoms. The van der Waals surface area contributed by atoms with Crippen molar-refractivity contribution in [2.45, 2.75) is 13.5 Å². The van der Waals surface area contributed by atoms with E-state index in [4.69, 9.17) is 9.57 Å². The van der Waals surface area contributed by atoms with Crippen LogP contribution in [-0.4, -0.2) is 12.3 Å². The Bertz CT molecular complexity index is 861. The Kier molecular flexibility index (Phi) is 5.99. The Morgan fingerprint density at radius 3 is 2.31 bits per heavy atom. The fourth-order valence-corrected chi connectivity index (χ4v) is 2.43. The van der Waals surface area contributed by atoms with Gasteiger partial charge in [-0.3, -0.25) is 0 Å². The molecule has 0 fully saturated rings. The molecule has 0 radical (unpaired) electrons. The fraction of sp³-hybridized carbons (Fsp3) is 0.136. The molecule has 0 unspecified atom stereocenters. The molecule has 3 aromatic rings. The van der Waals surface area contributed by atoms with E-state index in [1.807, 2.05) is 61.5 Å². The summed E-state index contributed by atoms with van der Waals surface area (Å²) in [6.45, 7) is 2.57. The molecular formula is C22H20FNO2. The predicted octanol–water partition coefficient (Wildman–Crippen LogP) is 5.13. The van der Waals surface area contributed by atoms with Gasteiger partial charge in [0.05, 0.1) is 0 Å². The van der Waals surface area contributed by atoms with E-state index in [-0.39, 0.29) is 12.4 Å². The van der Waals surface area contributed by atoms with Crippen molar-refractivity contribution in [2.75, 3.05) is 6.61 Å². The molecule has 3 rings (SSSR count). The molecule has 3 nitrogen and oxygen atoms in total. The van der Waals surface area contributed by atoms with Crippen molar-refractivity contribution in [3.8, 4) is 5.75 Å². The Balaban J connectivity index is 1.74. The highest BCUT2D eigenvalue weighted by Crippen LogP contribution is 2.17. The average molecular weight is 349 g/mol. The lowest BCUT2D eigenvalue weighted by molar-refractivity contribution is 0.129. The second-order valence-corrected chi connectivity index (χ2v) is 5.86. The molecule has 0 aliphatic heterocycles. The van der Waals surface area contributed by atoms with E-state index < -0.39 is 0 Å². The molecule has 0 spiro atoms. The maximum atomic E-state index is 13.2. The van der Waals surface area contributed by atoms with Gasteiger partial charge in [-0.05, 0) is 48.4 Å². The van der Waals surface area contributed by atoms with Crippen LogP contribution in [0.5, 0.6) is 5.75 Å². The summed E-state index contributed by atoms with van der Waals surface area (Å²) >= 11 is 0. The molecule has 0 atom stereocenters. The molecule has 132 valence electrons. The molecule has 0 N–H and O–H groups in total. The highest BCUT2D eigenvalue weighted by molar-refractivity contribution is 6.01. The molecular weight excluding hydrogens is 329 g/mol. The first-order chi connectivity index (χ1) is 12.7. The number of aryl methyl sites for hydroxylation is 1. The van der Waals surface area contributed by atoms with Crippen molar-refractivity contribution in [1.82, 2.24) is 0 Å². The van der Waals surface area contributed by atoms with Crippen LogP contribution >= 0.6 is 0 Å². The van der Waals surface area contributed by atoms with Gasteiger partial charge in [0.15, 0.2) is 0 Å². The van der Waals surface area contributed by atoms with Crippen LogP contribution in [0.3, 0.4) is 0 Å². The van der Waals surface area contributed by atoms with Gasteiger partial charge >= 0.3 is 0 Å². The van der Waals surface area contributed by atoms with Crippen molar-refractivity contribution >= 4 is 5.71 Å². The smallest absolute Gasteiger partial charge is 0.142 e. The van der Waals surface area contributed by atoms with Gasteiger partial charge in [0.25, 0.3) is 0 Å². The van der Waals surface area contributed by atoms with E-state index in [2.05, 4.69) is 5.16 Å². The zero-order valence-corrected chi connectivity index (χ0v) is 14.6. The number of para-hydroxylation sites is 1. The molecule has 3 aromatic carbocycles. The third-order valence-corrected chi connectivity index (χ3v) is 3.88. The maximum absolute atomic E-state index is 13.2. The minimum atomic E-state index is -0.293. The van der Waals surface area contributed by atoms with Gasteiger partial charge < -0.3 is 9.57 Å². The highest BCUT2D eigenvalue weighted by atomic mass is 19.1. The summed E-state index contributed by atoms with van der Waals surface area (Å²) in [5, 5.41) is 4.23. The van der Waals surface area contributed by atoms with Crippen molar-refractivity contribution in [1.29, 1.82) is 0 Å². The first-order valence-electron chi connectivity index (χ1n) is 8.39. The van der Waals surface area contributed by atoms with E-state index in [0.717, 1.165) is 22.4 Å². The van der Waals surface area contributed by atoms with Gasteiger partial charge in [0, 0.05) is 5.56 Å². The van der Waals surface area contributed by atoms with Crippen LogP contribution < -0.4 is 4.74 Å². The van der Waals surface area contributed by atoms with Crippen LogP contribution in [0.4, 0.5) is 4.39 Å². The highest BCUT2D eigenvalue weighted by Gasteiger charge is 2.08. The summed E-state index contributed by atoms with van der Waals surface area (Å²) in [7, 11) is 0. The second-order valence-electron chi connectivity index (χ2n) is 5.86. The average Bonchev–Trinajstić information content (AvgIpc) is 2.67. The minimum Gasteiger partial charge on any atom is -0.487 e. The Morgan fingerprint density at radius 1 is 0.885 bits per heavy atom. The van der Waals surface area contributed by atoms with Crippen molar-refractivity contribution < 1.29 is 14.0 Å². The topological polar surface area (TPSA) is 30.8 Å². The molecule has 0 bridgehead atoms. The third kappa shape index (κ3) is 4.93. The van der Waals surface area contributed by atoms with Crippen LogP contribution in [0.1, 0.15) is 16.7 Å². The van der Waals surface area contributed by atoms with E-state index in [0.29, 0.717) is 12.3 Å². The van der Waals surface area contributed by atoms with E-state index >= 15 is 0 Å². The Labute approximate surface area is 152 Å². The fourth-order valence-electron chi connectivity index (χ4n) is 2.43. The van der Waals surface area contributed by atoms with Crippen LogP contribution in [-0.2, 0) is 11.4 Å². The van der Waals surface area contributed by atoms with Gasteiger partial charge in [0.2, 0.25) is 0 Å². The molecule has 0 heterocycles. The lowest BCUT2D eigenvalue weighted by atomic mass is 10.1. The molecule has 0 aliphatic rings. The van der Waals surface area contributed by atoms with E-state index in [1.165, 1.54) is 12.1 Å². The first kappa shape index (κ1) is 17.7. The lowest BCUT2D eigenvalue weighted by Crippen LogP contribution is -2.14. The zero-order chi connectivity index (χ0) is 18.2. The lowest BCUT2D eigenvalue weighted by Gasteiger charge is -2.11. The van der Waals surface area contributed by atoms with Crippen LogP contribution in [0.15, 0.2) is 84.0 Å². The summed E-state index contributed by atoms with van der Waals surface area (Å²) in [6, 6.07) is 23.7. The number of nitrogens with zero attached hydrogens (tertiary/aromatic N) is 1. The molecule has 0 saturated carbocycles. The number of hydrogen-bond acceptors (Lipinski definition) is 3. The Hall–Kier alpha value is -3.14. The maximum Gasteiger partial charge on any atom is 0.142 e. The quantitative estimate of drug-likeness (QED) is 0.437. The van der Waals surface area contributed by atoms with Gasteiger partial charge in [-0.15, -0.1) is 0 Å². The van der Waals surface area contributed by atoms with Gasteiger partial charge in [0.1, 0.15) is 30.5 Å². The largest absolute Gasteiger partial charge is 0.487 e. The standard InChI is InChI=1S/C22H20FNO2/c1-17-7-5-6-10-22(17)25-16-21(19-11-13-20(23)14-12-19)24-26-15-18-8-3-2-4-9-18/h2-14H,15-16H2,1H3. The zero-order valence-electron chi connectivity index (χ0n) is 14.6.